The third kappa shape index (κ3) is 3.06. The van der Waals surface area contributed by atoms with Crippen molar-refractivity contribution in [3.63, 3.8) is 0 Å². The van der Waals surface area contributed by atoms with E-state index in [1.165, 1.54) is 18.2 Å². The molecule has 110 valence electrons. The Morgan fingerprint density at radius 3 is 2.40 bits per heavy atom. The fraction of sp³-hybridized carbons (Fsp3) is 0.562. The molecule has 1 fully saturated rings. The van der Waals surface area contributed by atoms with Crippen LogP contribution < -0.4 is 5.32 Å². The molecule has 0 radical (unpaired) electrons. The molecule has 0 aliphatic carbocycles. The van der Waals surface area contributed by atoms with Gasteiger partial charge < -0.3 is 5.32 Å². The summed E-state index contributed by atoms with van der Waals surface area (Å²) in [6.45, 7) is 3.64. The van der Waals surface area contributed by atoms with Crippen LogP contribution in [0.2, 0.25) is 0 Å². The maximum atomic E-state index is 13.7. The lowest BCUT2D eigenvalue weighted by Crippen LogP contribution is -2.43. The summed E-state index contributed by atoms with van der Waals surface area (Å²) >= 11 is 0. The summed E-state index contributed by atoms with van der Waals surface area (Å²) in [5, 5.41) is 3.24. The summed E-state index contributed by atoms with van der Waals surface area (Å²) in [6.07, 6.45) is 3.08. The zero-order valence-electron chi connectivity index (χ0n) is 11.8. The monoisotopic (exact) mass is 281 g/mol. The molecule has 1 heterocycles. The molecule has 0 atom stereocenters. The molecule has 4 heteroatoms. The van der Waals surface area contributed by atoms with Gasteiger partial charge in [-0.2, -0.15) is 0 Å². The molecule has 2 rings (SSSR count). The predicted octanol–water partition coefficient (Wildman–Crippen LogP) is 3.25. The average molecular weight is 281 g/mol. The molecule has 1 aromatic rings. The lowest BCUT2D eigenvalue weighted by atomic mass is 9.70. The van der Waals surface area contributed by atoms with Gasteiger partial charge in [-0.1, -0.05) is 19.4 Å². The molecule has 1 N–H and O–H groups in total. The molecule has 0 unspecified atom stereocenters. The third-order valence-electron chi connectivity index (χ3n) is 4.28. The van der Waals surface area contributed by atoms with E-state index in [9.17, 15) is 13.6 Å². The van der Waals surface area contributed by atoms with Gasteiger partial charge in [-0.3, -0.25) is 4.79 Å². The number of hydrogen-bond acceptors (Lipinski definition) is 2. The van der Waals surface area contributed by atoms with E-state index >= 15 is 0 Å². The number of benzene rings is 1. The Bertz CT molecular complexity index is 456. The highest BCUT2D eigenvalue weighted by atomic mass is 19.1. The van der Waals surface area contributed by atoms with Crippen LogP contribution in [0.25, 0.3) is 0 Å². The van der Waals surface area contributed by atoms with Crippen LogP contribution in [0, 0.1) is 17.0 Å². The topological polar surface area (TPSA) is 29.1 Å². The smallest absolute Gasteiger partial charge is 0.143 e. The van der Waals surface area contributed by atoms with Crippen LogP contribution in [-0.2, 0) is 11.2 Å². The van der Waals surface area contributed by atoms with Crippen molar-refractivity contribution in [2.45, 2.75) is 39.0 Å². The highest BCUT2D eigenvalue weighted by Crippen LogP contribution is 2.36. The van der Waals surface area contributed by atoms with Crippen LogP contribution in [0.1, 0.15) is 38.2 Å². The first-order valence-corrected chi connectivity index (χ1v) is 7.26. The zero-order valence-corrected chi connectivity index (χ0v) is 11.8. The minimum atomic E-state index is -0.626. The van der Waals surface area contributed by atoms with E-state index in [0.29, 0.717) is 0 Å². The SMILES string of the molecule is CCCC1(C(=O)Cc2c(F)cccc2F)CCNCC1. The molecule has 1 aliphatic heterocycles. The van der Waals surface area contributed by atoms with Gasteiger partial charge in [0.25, 0.3) is 0 Å². The highest BCUT2D eigenvalue weighted by molar-refractivity contribution is 5.87. The summed E-state index contributed by atoms with van der Waals surface area (Å²) in [4.78, 5) is 12.6. The Morgan fingerprint density at radius 1 is 1.25 bits per heavy atom. The lowest BCUT2D eigenvalue weighted by molar-refractivity contribution is -0.130. The number of rotatable bonds is 5. The van der Waals surface area contributed by atoms with Crippen molar-refractivity contribution in [3.8, 4) is 0 Å². The Morgan fingerprint density at radius 2 is 1.85 bits per heavy atom. The number of ketones is 1. The largest absolute Gasteiger partial charge is 0.317 e. The lowest BCUT2D eigenvalue weighted by Gasteiger charge is -2.36. The van der Waals surface area contributed by atoms with Gasteiger partial charge in [0.1, 0.15) is 17.4 Å². The molecule has 1 aliphatic rings. The molecule has 20 heavy (non-hydrogen) atoms. The first-order valence-electron chi connectivity index (χ1n) is 7.26. The second-order valence-corrected chi connectivity index (χ2v) is 5.58. The number of hydrogen-bond donors (Lipinski definition) is 1. The second-order valence-electron chi connectivity index (χ2n) is 5.58. The van der Waals surface area contributed by atoms with Gasteiger partial charge >= 0.3 is 0 Å². The summed E-state index contributed by atoms with van der Waals surface area (Å²) in [6, 6.07) is 3.74. The maximum absolute atomic E-state index is 13.7. The van der Waals surface area contributed by atoms with Gasteiger partial charge in [-0.25, -0.2) is 8.78 Å². The minimum Gasteiger partial charge on any atom is -0.317 e. The van der Waals surface area contributed by atoms with Crippen molar-refractivity contribution >= 4 is 5.78 Å². The van der Waals surface area contributed by atoms with Gasteiger partial charge in [-0.05, 0) is 44.5 Å². The molecular weight excluding hydrogens is 260 g/mol. The van der Waals surface area contributed by atoms with Crippen LogP contribution >= 0.6 is 0 Å². The average Bonchev–Trinajstić information content (AvgIpc) is 2.44. The fourth-order valence-electron chi connectivity index (χ4n) is 3.10. The standard InChI is InChI=1S/C16H21F2NO/c1-2-6-16(7-9-19-10-8-16)15(20)11-12-13(17)4-3-5-14(12)18/h3-5,19H,2,6-11H2,1H3. The Balaban J connectivity index is 2.20. The van der Waals surface area contributed by atoms with Crippen molar-refractivity contribution in [2.24, 2.45) is 5.41 Å². The number of nitrogens with one attached hydrogen (secondary N) is 1. The fourth-order valence-corrected chi connectivity index (χ4v) is 3.10. The van der Waals surface area contributed by atoms with Crippen molar-refractivity contribution in [1.82, 2.24) is 5.32 Å². The van der Waals surface area contributed by atoms with Crippen LogP contribution in [-0.4, -0.2) is 18.9 Å². The highest BCUT2D eigenvalue weighted by Gasteiger charge is 2.38. The summed E-state index contributed by atoms with van der Waals surface area (Å²) < 4.78 is 27.4. The van der Waals surface area contributed by atoms with Crippen LogP contribution in [0.15, 0.2) is 18.2 Å². The van der Waals surface area contributed by atoms with Crippen molar-refractivity contribution in [1.29, 1.82) is 0 Å². The van der Waals surface area contributed by atoms with Gasteiger partial charge in [0, 0.05) is 17.4 Å². The van der Waals surface area contributed by atoms with Crippen molar-refractivity contribution in [3.05, 3.63) is 35.4 Å². The van der Waals surface area contributed by atoms with Crippen LogP contribution in [0.4, 0.5) is 8.78 Å². The number of halogens is 2. The van der Waals surface area contributed by atoms with Crippen LogP contribution in [0.3, 0.4) is 0 Å². The Hall–Kier alpha value is -1.29. The van der Waals surface area contributed by atoms with Gasteiger partial charge in [0.05, 0.1) is 0 Å². The quantitative estimate of drug-likeness (QED) is 0.897. The molecule has 0 aromatic heterocycles. The van der Waals surface area contributed by atoms with Gasteiger partial charge in [0.15, 0.2) is 0 Å². The summed E-state index contributed by atoms with van der Waals surface area (Å²) in [5.74, 6) is -1.28. The third-order valence-corrected chi connectivity index (χ3v) is 4.28. The molecule has 2 nitrogen and oxygen atoms in total. The van der Waals surface area contributed by atoms with E-state index in [1.807, 2.05) is 6.92 Å². The molecular formula is C16H21F2NO. The van der Waals surface area contributed by atoms with Gasteiger partial charge in [-0.15, -0.1) is 0 Å². The van der Waals surface area contributed by atoms with Crippen molar-refractivity contribution < 1.29 is 13.6 Å². The Kier molecular flexibility index (Phi) is 4.86. The summed E-state index contributed by atoms with van der Waals surface area (Å²) in [5.41, 5.74) is -0.499. The normalized spacial score (nSPS) is 17.9. The Labute approximate surface area is 118 Å². The van der Waals surface area contributed by atoms with E-state index in [-0.39, 0.29) is 17.8 Å². The molecule has 0 bridgehead atoms. The molecule has 1 aromatic carbocycles. The maximum Gasteiger partial charge on any atom is 0.143 e. The number of carbonyl (C=O) groups is 1. The van der Waals surface area contributed by atoms with Crippen molar-refractivity contribution in [2.75, 3.05) is 13.1 Å². The minimum absolute atomic E-state index is 0.0233. The molecule has 0 amide bonds. The van der Waals surface area contributed by atoms with E-state index in [4.69, 9.17) is 0 Å². The molecule has 0 spiro atoms. The number of piperidine rings is 1. The zero-order chi connectivity index (χ0) is 14.6. The van der Waals surface area contributed by atoms with E-state index in [1.54, 1.807) is 0 Å². The van der Waals surface area contributed by atoms with Crippen LogP contribution in [0.5, 0.6) is 0 Å². The first-order chi connectivity index (χ1) is 9.59. The molecule has 1 saturated heterocycles. The number of carbonyl (C=O) groups excluding carboxylic acids is 1. The van der Waals surface area contributed by atoms with Gasteiger partial charge in [0.2, 0.25) is 0 Å². The summed E-state index contributed by atoms with van der Waals surface area (Å²) in [7, 11) is 0. The second kappa shape index (κ2) is 6.44. The first kappa shape index (κ1) is 15.1. The van der Waals surface area contributed by atoms with E-state index in [2.05, 4.69) is 5.32 Å². The molecule has 0 saturated carbocycles. The predicted molar refractivity (Wildman–Crippen MR) is 74.5 cm³/mol. The number of Topliss-reactive ketones (excluding diaryl/α,β-unsaturated/α-hetero) is 1. The van der Waals surface area contributed by atoms with E-state index < -0.39 is 17.0 Å². The van der Waals surface area contributed by atoms with E-state index in [0.717, 1.165) is 38.8 Å².